The molecule has 0 saturated carbocycles. The molecule has 47 heavy (non-hydrogen) atoms. The van der Waals surface area contributed by atoms with Crippen molar-refractivity contribution in [2.45, 2.75) is 95.7 Å². The molecule has 0 aliphatic heterocycles. The van der Waals surface area contributed by atoms with Gasteiger partial charge >= 0.3 is 17.1 Å². The minimum absolute atomic E-state index is 0.366. The molecule has 0 spiro atoms. The summed E-state index contributed by atoms with van der Waals surface area (Å²) in [5.74, 6) is 0. The molecule has 0 unspecified atom stereocenters. The number of carbonyl (C=O) groups is 1. The summed E-state index contributed by atoms with van der Waals surface area (Å²) in [5.41, 5.74) is -8.37. The van der Waals surface area contributed by atoms with E-state index in [1.807, 2.05) is 39.0 Å². The molecule has 1 heterocycles. The highest BCUT2D eigenvalue weighted by atomic mass is 32.3. The van der Waals surface area contributed by atoms with Crippen LogP contribution in [-0.4, -0.2) is 40.6 Å². The highest BCUT2D eigenvalue weighted by Crippen LogP contribution is 2.36. The molecule has 1 N–H and O–H groups in total. The van der Waals surface area contributed by atoms with Gasteiger partial charge in [-0.1, -0.05) is 43.7 Å². The van der Waals surface area contributed by atoms with E-state index in [2.05, 4.69) is 54.0 Å². The van der Waals surface area contributed by atoms with Crippen molar-refractivity contribution in [1.82, 2.24) is 5.32 Å². The maximum Gasteiger partial charge on any atom is 0.480 e. The van der Waals surface area contributed by atoms with Gasteiger partial charge in [-0.15, -0.1) is 0 Å². The number of nitrogens with one attached hydrogen (secondary N) is 1. The minimum Gasteiger partial charge on any atom is -0.450 e. The summed E-state index contributed by atoms with van der Waals surface area (Å²) in [6, 6.07) is 12.6. The monoisotopic (exact) mass is 717 g/mol. The Labute approximate surface area is 272 Å². The number of pyridine rings is 1. The summed E-state index contributed by atoms with van der Waals surface area (Å²) in [7, 11) is -13.4. The van der Waals surface area contributed by atoms with E-state index in [0.717, 1.165) is 53.1 Å². The van der Waals surface area contributed by atoms with Gasteiger partial charge in [-0.25, -0.2) is 26.2 Å². The van der Waals surface area contributed by atoms with Crippen LogP contribution >= 0.6 is 0 Å². The van der Waals surface area contributed by atoms with Crippen LogP contribution in [0, 0.1) is 0 Å². The molecule has 0 radical (unpaired) electrons. The summed E-state index contributed by atoms with van der Waals surface area (Å²) in [6.07, 6.45) is 11.9. The van der Waals surface area contributed by atoms with E-state index in [0.29, 0.717) is 6.61 Å². The molecule has 1 aromatic heterocycles. The Kier molecular flexibility index (Phi) is 15.9. The fourth-order valence-corrected chi connectivity index (χ4v) is 5.56. The standard InChI is InChI=1S/C28H40N2O2.C2F6NO4S2/c1-6-7-13-24-16-19-30(20-17-24)18-10-8-9-11-21-32-27(31)29-28(4,5)26-15-12-14-25(22-26)23(2)3;3-1(4,5)14(10,11)9-15(12,13)2(6,7)8/h12,14-17,19-20,22H,2,6-11,13,18,21H2,1,3-5H3;/q;-1/p+1. The second kappa shape index (κ2) is 17.8. The number of aromatic nitrogens is 1. The summed E-state index contributed by atoms with van der Waals surface area (Å²) < 4.78 is 117. The number of hydrogen-bond acceptors (Lipinski definition) is 6. The molecule has 266 valence electrons. The van der Waals surface area contributed by atoms with Crippen LogP contribution in [0.4, 0.5) is 31.1 Å². The number of carbonyl (C=O) groups excluding carboxylic acids is 1. The average molecular weight is 718 g/mol. The van der Waals surface area contributed by atoms with Crippen molar-refractivity contribution in [3.63, 3.8) is 0 Å². The van der Waals surface area contributed by atoms with Crippen LogP contribution in [0.2, 0.25) is 0 Å². The number of aryl methyl sites for hydroxylation is 2. The second-order valence-electron chi connectivity index (χ2n) is 11.1. The van der Waals surface area contributed by atoms with Crippen LogP contribution in [0.1, 0.15) is 82.9 Å². The Hall–Kier alpha value is -3.18. The predicted molar refractivity (Wildman–Crippen MR) is 166 cm³/mol. The molecule has 0 aliphatic carbocycles. The Morgan fingerprint density at radius 2 is 1.45 bits per heavy atom. The number of halogens is 6. The molecule has 1 amide bonds. The zero-order valence-corrected chi connectivity index (χ0v) is 28.3. The fourth-order valence-electron chi connectivity index (χ4n) is 3.85. The minimum atomic E-state index is -6.72. The predicted octanol–water partition coefficient (Wildman–Crippen LogP) is 7.63. The van der Waals surface area contributed by atoms with Crippen LogP contribution in [0.15, 0.2) is 55.4 Å². The average Bonchev–Trinajstić information content (AvgIpc) is 2.94. The van der Waals surface area contributed by atoms with Crippen molar-refractivity contribution < 1.29 is 57.3 Å². The van der Waals surface area contributed by atoms with Gasteiger partial charge in [0, 0.05) is 18.6 Å². The Balaban J connectivity index is 0.000000620. The van der Waals surface area contributed by atoms with E-state index in [1.165, 1.54) is 24.8 Å². The number of sulfonamides is 2. The van der Waals surface area contributed by atoms with Crippen LogP contribution in [0.5, 0.6) is 0 Å². The smallest absolute Gasteiger partial charge is 0.450 e. The summed E-state index contributed by atoms with van der Waals surface area (Å²) >= 11 is 0. The Morgan fingerprint density at radius 3 is 1.96 bits per heavy atom. The lowest BCUT2D eigenvalue weighted by molar-refractivity contribution is -0.697. The highest BCUT2D eigenvalue weighted by molar-refractivity contribution is 8.13. The van der Waals surface area contributed by atoms with E-state index in [9.17, 15) is 48.0 Å². The molecule has 2 aromatic rings. The van der Waals surface area contributed by atoms with Crippen molar-refractivity contribution in [2.75, 3.05) is 6.61 Å². The third-order valence-electron chi connectivity index (χ3n) is 6.60. The van der Waals surface area contributed by atoms with E-state index in [-0.39, 0.29) is 6.09 Å². The molecule has 1 aromatic carbocycles. The van der Waals surface area contributed by atoms with Crippen molar-refractivity contribution >= 4 is 31.7 Å². The van der Waals surface area contributed by atoms with E-state index in [1.54, 1.807) is 0 Å². The van der Waals surface area contributed by atoms with Gasteiger partial charge in [0.25, 0.3) is 0 Å². The summed E-state index contributed by atoms with van der Waals surface area (Å²) in [6.45, 7) is 13.7. The largest absolute Gasteiger partial charge is 0.480 e. The fraction of sp³-hybridized carbons (Fsp3) is 0.533. The molecule has 17 heteroatoms. The van der Waals surface area contributed by atoms with Gasteiger partial charge in [0.15, 0.2) is 32.4 Å². The number of rotatable bonds is 15. The topological polar surface area (TPSA) is 125 Å². The third kappa shape index (κ3) is 14.6. The van der Waals surface area contributed by atoms with Crippen LogP contribution in [0.25, 0.3) is 9.70 Å². The molecule has 0 aliphatic rings. The second-order valence-corrected chi connectivity index (χ2v) is 14.5. The van der Waals surface area contributed by atoms with E-state index in [4.69, 9.17) is 4.74 Å². The first-order valence-electron chi connectivity index (χ1n) is 14.6. The van der Waals surface area contributed by atoms with Crippen molar-refractivity contribution in [3.05, 3.63) is 76.2 Å². The number of benzene rings is 1. The number of ether oxygens (including phenoxy) is 1. The van der Waals surface area contributed by atoms with Gasteiger partial charge in [-0.05, 0) is 75.6 Å². The third-order valence-corrected chi connectivity index (χ3v) is 9.34. The Morgan fingerprint density at radius 1 is 0.894 bits per heavy atom. The number of hydrogen-bond donors (Lipinski definition) is 1. The SMILES string of the molecule is C=C(C)c1cccc(C(C)(C)NC(=O)OCCCCCC[n+]2ccc(CCCC)cc2)c1.O=S(=O)([N-]S(=O)(=O)C(F)(F)F)C(F)(F)F. The first-order chi connectivity index (χ1) is 21.5. The summed E-state index contributed by atoms with van der Waals surface area (Å²) in [4.78, 5) is 12.3. The number of amides is 1. The van der Waals surface area contributed by atoms with Gasteiger partial charge in [0.1, 0.15) is 6.54 Å². The molecule has 0 fully saturated rings. The van der Waals surface area contributed by atoms with Crippen molar-refractivity contribution in [3.8, 4) is 0 Å². The normalized spacial score (nSPS) is 12.6. The van der Waals surface area contributed by atoms with Crippen LogP contribution in [-0.2, 0) is 43.3 Å². The lowest BCUT2D eigenvalue weighted by atomic mass is 9.92. The van der Waals surface area contributed by atoms with Gasteiger partial charge in [-0.3, -0.25) is 0 Å². The van der Waals surface area contributed by atoms with Gasteiger partial charge < -0.3 is 14.2 Å². The zero-order chi connectivity index (χ0) is 36.1. The van der Waals surface area contributed by atoms with Gasteiger partial charge in [0.05, 0.1) is 12.1 Å². The zero-order valence-electron chi connectivity index (χ0n) is 26.6. The molecule has 9 nitrogen and oxygen atoms in total. The number of unbranched alkanes of at least 4 members (excludes halogenated alkanes) is 4. The highest BCUT2D eigenvalue weighted by Gasteiger charge is 2.47. The summed E-state index contributed by atoms with van der Waals surface area (Å²) in [5, 5.41) is 2.99. The molecular weight excluding hydrogens is 676 g/mol. The molecule has 0 saturated heterocycles. The van der Waals surface area contributed by atoms with Gasteiger partial charge in [-0.2, -0.15) is 26.3 Å². The maximum atomic E-state index is 12.3. The number of nitrogens with zero attached hydrogens (tertiary/aromatic N) is 2. The number of alkyl carbamates (subject to hydrolysis) is 1. The molecular formula is C30H41F6N3O6S2. The number of allylic oxidation sites excluding steroid dienone is 1. The van der Waals surface area contributed by atoms with Crippen molar-refractivity contribution in [1.29, 1.82) is 0 Å². The van der Waals surface area contributed by atoms with Gasteiger partial charge in [0.2, 0.25) is 0 Å². The first-order valence-corrected chi connectivity index (χ1v) is 17.5. The number of alkyl halides is 6. The van der Waals surface area contributed by atoms with Crippen molar-refractivity contribution in [2.24, 2.45) is 0 Å². The lowest BCUT2D eigenvalue weighted by Gasteiger charge is -2.27. The molecule has 0 bridgehead atoms. The van der Waals surface area contributed by atoms with Crippen LogP contribution in [0.3, 0.4) is 0 Å². The molecule has 2 rings (SSSR count). The lowest BCUT2D eigenvalue weighted by Crippen LogP contribution is -2.41. The van der Waals surface area contributed by atoms with Crippen LogP contribution < -0.4 is 9.88 Å². The maximum absolute atomic E-state index is 12.3. The van der Waals surface area contributed by atoms with E-state index < -0.39 is 36.6 Å². The molecule has 0 atom stereocenters. The van der Waals surface area contributed by atoms with E-state index >= 15 is 0 Å². The first kappa shape index (κ1) is 41.8. The Bertz CT molecular complexity index is 1480. The quantitative estimate of drug-likeness (QED) is 0.115.